The van der Waals surface area contributed by atoms with Crippen LogP contribution in [0.15, 0.2) is 43.2 Å². The Labute approximate surface area is 119 Å². The van der Waals surface area contributed by atoms with Crippen molar-refractivity contribution in [3.8, 4) is 11.8 Å². The minimum atomic E-state index is 0.0606. The van der Waals surface area contributed by atoms with E-state index in [4.69, 9.17) is 0 Å². The molecule has 0 bridgehead atoms. The minimum absolute atomic E-state index is 0.0606. The fourth-order valence-electron chi connectivity index (χ4n) is 2.14. The number of nitrogens with zero attached hydrogens (tertiary/aromatic N) is 2. The van der Waals surface area contributed by atoms with Crippen LogP contribution in [0, 0.1) is 11.3 Å². The maximum absolute atomic E-state index is 9.32. The Morgan fingerprint density at radius 1 is 1.30 bits per heavy atom. The fourth-order valence-corrected chi connectivity index (χ4v) is 2.14. The highest BCUT2D eigenvalue weighted by Crippen LogP contribution is 2.19. The van der Waals surface area contributed by atoms with Gasteiger partial charge < -0.3 is 9.67 Å². The zero-order valence-corrected chi connectivity index (χ0v) is 11.6. The van der Waals surface area contributed by atoms with Crippen molar-refractivity contribution in [3.63, 3.8) is 0 Å². The van der Waals surface area contributed by atoms with Crippen molar-refractivity contribution in [2.24, 2.45) is 0 Å². The van der Waals surface area contributed by atoms with Crippen LogP contribution in [-0.2, 0) is 6.42 Å². The molecule has 0 radical (unpaired) electrons. The van der Waals surface area contributed by atoms with Crippen molar-refractivity contribution < 1.29 is 5.11 Å². The highest BCUT2D eigenvalue weighted by atomic mass is 16.3. The smallest absolute Gasteiger partial charge is 0.115 e. The van der Waals surface area contributed by atoms with Crippen molar-refractivity contribution >= 4 is 5.76 Å². The molecule has 1 N–H and O–H groups in total. The Morgan fingerprint density at radius 3 is 2.55 bits per heavy atom. The number of aryl methyl sites for hydroxylation is 1. The van der Waals surface area contributed by atoms with Crippen molar-refractivity contribution in [1.29, 1.82) is 5.26 Å². The lowest BCUT2D eigenvalue weighted by Crippen LogP contribution is -1.90. The molecule has 0 unspecified atom stereocenters. The number of nitriles is 1. The van der Waals surface area contributed by atoms with Gasteiger partial charge in [0, 0.05) is 23.6 Å². The molecule has 2 rings (SSSR count). The quantitative estimate of drug-likeness (QED) is 0.824. The normalized spacial score (nSPS) is 10.2. The second-order valence-corrected chi connectivity index (χ2v) is 4.81. The maximum Gasteiger partial charge on any atom is 0.115 e. The van der Waals surface area contributed by atoms with E-state index in [1.54, 1.807) is 0 Å². The van der Waals surface area contributed by atoms with Crippen LogP contribution in [0.1, 0.15) is 36.5 Å². The van der Waals surface area contributed by atoms with Crippen LogP contribution in [0.3, 0.4) is 0 Å². The fraction of sp³-hybridized carbons (Fsp3) is 0.235. The molecule has 2 aromatic rings. The number of hydrogen-bond donors (Lipinski definition) is 1. The van der Waals surface area contributed by atoms with E-state index >= 15 is 0 Å². The summed E-state index contributed by atoms with van der Waals surface area (Å²) in [6.07, 6.45) is 6.99. The molecular weight excluding hydrogens is 248 g/mol. The van der Waals surface area contributed by atoms with Gasteiger partial charge in [-0.25, -0.2) is 0 Å². The van der Waals surface area contributed by atoms with E-state index in [0.717, 1.165) is 36.1 Å². The second kappa shape index (κ2) is 6.12. The third kappa shape index (κ3) is 2.92. The third-order valence-corrected chi connectivity index (χ3v) is 3.33. The van der Waals surface area contributed by atoms with Gasteiger partial charge >= 0.3 is 0 Å². The van der Waals surface area contributed by atoms with Gasteiger partial charge in [-0.05, 0) is 42.7 Å². The summed E-state index contributed by atoms with van der Waals surface area (Å²) in [5, 5.41) is 18.5. The molecule has 0 amide bonds. The topological polar surface area (TPSA) is 49.0 Å². The van der Waals surface area contributed by atoms with Crippen LogP contribution < -0.4 is 0 Å². The molecule has 0 saturated carbocycles. The molecule has 0 saturated heterocycles. The first-order valence-electron chi connectivity index (χ1n) is 6.75. The number of aliphatic hydroxyl groups is 1. The Kier molecular flexibility index (Phi) is 4.27. The molecule has 20 heavy (non-hydrogen) atoms. The van der Waals surface area contributed by atoms with Gasteiger partial charge in [-0.15, -0.1) is 0 Å². The molecule has 0 atom stereocenters. The SMILES string of the molecule is C=C(O)c1ccc(-n2cc(C#N)c(CCCC)c2)cc1. The Morgan fingerprint density at radius 2 is 2.00 bits per heavy atom. The van der Waals surface area contributed by atoms with Gasteiger partial charge in [0.2, 0.25) is 0 Å². The zero-order valence-electron chi connectivity index (χ0n) is 11.6. The predicted octanol–water partition coefficient (Wildman–Crippen LogP) is 4.22. The first-order valence-corrected chi connectivity index (χ1v) is 6.75. The molecule has 1 aromatic carbocycles. The molecule has 0 aliphatic carbocycles. The van der Waals surface area contributed by atoms with Crippen LogP contribution in [0.25, 0.3) is 11.4 Å². The van der Waals surface area contributed by atoms with E-state index in [2.05, 4.69) is 19.6 Å². The molecule has 1 aromatic heterocycles. The van der Waals surface area contributed by atoms with Gasteiger partial charge in [0.05, 0.1) is 5.56 Å². The Hall–Kier alpha value is -2.47. The Bertz CT molecular complexity index is 645. The number of unbranched alkanes of at least 4 members (excludes halogenated alkanes) is 1. The highest BCUT2D eigenvalue weighted by molar-refractivity contribution is 5.57. The van der Waals surface area contributed by atoms with Crippen molar-refractivity contribution in [1.82, 2.24) is 4.57 Å². The average Bonchev–Trinajstić information content (AvgIpc) is 2.88. The summed E-state index contributed by atoms with van der Waals surface area (Å²) in [4.78, 5) is 0. The predicted molar refractivity (Wildman–Crippen MR) is 80.8 cm³/mol. The minimum Gasteiger partial charge on any atom is -0.508 e. The van der Waals surface area contributed by atoms with E-state index in [-0.39, 0.29) is 5.76 Å². The third-order valence-electron chi connectivity index (χ3n) is 3.33. The van der Waals surface area contributed by atoms with Gasteiger partial charge in [0.1, 0.15) is 11.8 Å². The summed E-state index contributed by atoms with van der Waals surface area (Å²) in [5.41, 5.74) is 3.49. The summed E-state index contributed by atoms with van der Waals surface area (Å²) in [7, 11) is 0. The molecule has 3 heteroatoms. The van der Waals surface area contributed by atoms with Gasteiger partial charge in [-0.2, -0.15) is 5.26 Å². The molecular formula is C17H18N2O. The van der Waals surface area contributed by atoms with E-state index in [0.29, 0.717) is 5.56 Å². The van der Waals surface area contributed by atoms with Gasteiger partial charge in [0.15, 0.2) is 0 Å². The van der Waals surface area contributed by atoms with E-state index < -0.39 is 0 Å². The Balaban J connectivity index is 2.30. The standard InChI is InChI=1S/C17H18N2O/c1-3-4-5-15-11-19(12-16(15)10-18)17-8-6-14(7-9-17)13(2)20/h6-9,11-12,20H,2-5H2,1H3. The lowest BCUT2D eigenvalue weighted by atomic mass is 10.1. The van der Waals surface area contributed by atoms with Crippen LogP contribution in [-0.4, -0.2) is 9.67 Å². The lowest BCUT2D eigenvalue weighted by Gasteiger charge is -2.04. The van der Waals surface area contributed by atoms with Crippen molar-refractivity contribution in [2.75, 3.05) is 0 Å². The van der Waals surface area contributed by atoms with Crippen LogP contribution in [0.2, 0.25) is 0 Å². The molecule has 0 fully saturated rings. The number of benzene rings is 1. The average molecular weight is 266 g/mol. The summed E-state index contributed by atoms with van der Waals surface area (Å²) >= 11 is 0. The largest absolute Gasteiger partial charge is 0.508 e. The first kappa shape index (κ1) is 14.0. The van der Waals surface area contributed by atoms with Gasteiger partial charge in [0.25, 0.3) is 0 Å². The van der Waals surface area contributed by atoms with Crippen LogP contribution >= 0.6 is 0 Å². The van der Waals surface area contributed by atoms with E-state index in [1.165, 1.54) is 0 Å². The molecule has 0 spiro atoms. The first-order chi connectivity index (χ1) is 9.65. The second-order valence-electron chi connectivity index (χ2n) is 4.81. The van der Waals surface area contributed by atoms with Crippen molar-refractivity contribution in [2.45, 2.75) is 26.2 Å². The molecule has 0 aliphatic heterocycles. The summed E-state index contributed by atoms with van der Waals surface area (Å²) in [5.74, 6) is 0.0606. The maximum atomic E-state index is 9.32. The summed E-state index contributed by atoms with van der Waals surface area (Å²) in [6, 6.07) is 9.69. The van der Waals surface area contributed by atoms with Crippen LogP contribution in [0.4, 0.5) is 0 Å². The summed E-state index contributed by atoms with van der Waals surface area (Å²) < 4.78 is 1.95. The highest BCUT2D eigenvalue weighted by Gasteiger charge is 2.07. The zero-order chi connectivity index (χ0) is 14.5. The monoisotopic (exact) mass is 266 g/mol. The number of aliphatic hydroxyl groups excluding tert-OH is 1. The number of hydrogen-bond acceptors (Lipinski definition) is 2. The summed E-state index contributed by atoms with van der Waals surface area (Å²) in [6.45, 7) is 5.64. The number of rotatable bonds is 5. The molecule has 102 valence electrons. The number of aromatic nitrogens is 1. The van der Waals surface area contributed by atoms with E-state index in [9.17, 15) is 10.4 Å². The molecule has 0 aliphatic rings. The molecule has 3 nitrogen and oxygen atoms in total. The van der Waals surface area contributed by atoms with E-state index in [1.807, 2.05) is 41.2 Å². The molecule has 1 heterocycles. The van der Waals surface area contributed by atoms with Gasteiger partial charge in [-0.3, -0.25) is 0 Å². The van der Waals surface area contributed by atoms with Gasteiger partial charge in [-0.1, -0.05) is 19.9 Å². The lowest BCUT2D eigenvalue weighted by molar-refractivity contribution is 0.514. The van der Waals surface area contributed by atoms with Crippen molar-refractivity contribution in [3.05, 3.63) is 59.9 Å². The van der Waals surface area contributed by atoms with Crippen LogP contribution in [0.5, 0.6) is 0 Å².